The van der Waals surface area contributed by atoms with E-state index in [0.717, 1.165) is 30.3 Å². The van der Waals surface area contributed by atoms with Gasteiger partial charge in [-0.2, -0.15) is 4.98 Å². The van der Waals surface area contributed by atoms with Crippen LogP contribution in [-0.2, 0) is 0 Å². The number of nitrogens with one attached hydrogen (secondary N) is 1. The summed E-state index contributed by atoms with van der Waals surface area (Å²) in [5, 5.41) is 3.46. The summed E-state index contributed by atoms with van der Waals surface area (Å²) in [7, 11) is 0. The number of fused-ring (bicyclic) bond motifs is 1. The zero-order valence-electron chi connectivity index (χ0n) is 18.3. The van der Waals surface area contributed by atoms with Crippen LogP contribution in [0, 0.1) is 5.92 Å². The molecule has 1 fully saturated rings. The summed E-state index contributed by atoms with van der Waals surface area (Å²) >= 11 is 0. The van der Waals surface area contributed by atoms with Gasteiger partial charge in [-0.1, -0.05) is 31.2 Å². The molecular weight excluding hydrogens is 374 g/mol. The number of hydrogen-bond acceptors (Lipinski definition) is 6. The number of rotatable bonds is 6. The van der Waals surface area contributed by atoms with Crippen LogP contribution in [0.1, 0.15) is 69.9 Å². The second-order valence-electron chi connectivity index (χ2n) is 8.97. The van der Waals surface area contributed by atoms with Crippen molar-refractivity contribution in [1.29, 1.82) is 0 Å². The number of ether oxygens (including phenoxy) is 1. The molecule has 1 saturated carbocycles. The zero-order valence-corrected chi connectivity index (χ0v) is 18.3. The van der Waals surface area contributed by atoms with Gasteiger partial charge in [0.25, 0.3) is 0 Å². The normalized spacial score (nSPS) is 22.7. The topological polar surface area (TPSA) is 85.4 Å². The van der Waals surface area contributed by atoms with Crippen LogP contribution in [0.4, 0.5) is 11.5 Å². The molecule has 1 aliphatic carbocycles. The van der Waals surface area contributed by atoms with Gasteiger partial charge in [0.1, 0.15) is 11.9 Å². The highest BCUT2D eigenvalue weighted by molar-refractivity contribution is 6.09. The lowest BCUT2D eigenvalue weighted by molar-refractivity contribution is 0.171. The van der Waals surface area contributed by atoms with E-state index in [-0.39, 0.29) is 0 Å². The van der Waals surface area contributed by atoms with E-state index in [9.17, 15) is 0 Å². The van der Waals surface area contributed by atoms with E-state index in [1.54, 1.807) is 0 Å². The van der Waals surface area contributed by atoms with Crippen LogP contribution in [0.2, 0.25) is 0 Å². The second-order valence-corrected chi connectivity index (χ2v) is 8.97. The van der Waals surface area contributed by atoms with Crippen molar-refractivity contribution in [2.45, 2.75) is 64.4 Å². The molecule has 0 atom stereocenters. The highest BCUT2D eigenvalue weighted by atomic mass is 16.5. The number of anilines is 1. The Morgan fingerprint density at radius 2 is 1.83 bits per heavy atom. The summed E-state index contributed by atoms with van der Waals surface area (Å²) in [5.74, 6) is 2.33. The summed E-state index contributed by atoms with van der Waals surface area (Å²) < 4.78 is 6.10. The zero-order chi connectivity index (χ0) is 21.1. The van der Waals surface area contributed by atoms with Gasteiger partial charge in [-0.25, -0.2) is 9.98 Å². The van der Waals surface area contributed by atoms with Crippen molar-refractivity contribution in [3.63, 3.8) is 0 Å². The molecule has 0 unspecified atom stereocenters. The lowest BCUT2D eigenvalue weighted by Gasteiger charge is -2.32. The molecule has 0 amide bonds. The van der Waals surface area contributed by atoms with Crippen molar-refractivity contribution in [3.05, 3.63) is 41.7 Å². The van der Waals surface area contributed by atoms with E-state index >= 15 is 0 Å². The van der Waals surface area contributed by atoms with Gasteiger partial charge in [0.2, 0.25) is 5.88 Å². The molecule has 0 radical (unpaired) electrons. The van der Waals surface area contributed by atoms with E-state index in [1.807, 2.05) is 13.8 Å². The fourth-order valence-corrected chi connectivity index (χ4v) is 4.68. The molecule has 30 heavy (non-hydrogen) atoms. The third-order valence-electron chi connectivity index (χ3n) is 6.44. The van der Waals surface area contributed by atoms with Gasteiger partial charge >= 0.3 is 0 Å². The minimum absolute atomic E-state index is 0.343. The van der Waals surface area contributed by atoms with E-state index in [4.69, 9.17) is 15.5 Å². The van der Waals surface area contributed by atoms with Gasteiger partial charge in [-0.05, 0) is 76.4 Å². The van der Waals surface area contributed by atoms with E-state index < -0.39 is 5.60 Å². The molecule has 2 heterocycles. The van der Waals surface area contributed by atoms with Gasteiger partial charge in [0.15, 0.2) is 11.5 Å². The number of nitrogens with two attached hydrogens (primary N) is 1. The average Bonchev–Trinajstić information content (AvgIpc) is 2.74. The molecule has 0 bridgehead atoms. The van der Waals surface area contributed by atoms with Crippen LogP contribution in [-0.4, -0.2) is 34.4 Å². The molecule has 2 aliphatic rings. The quantitative estimate of drug-likeness (QED) is 0.682. The minimum Gasteiger partial charge on any atom is -0.463 e. The molecule has 2 aromatic rings. The van der Waals surface area contributed by atoms with Gasteiger partial charge in [-0.15, -0.1) is 0 Å². The van der Waals surface area contributed by atoms with Crippen molar-refractivity contribution in [2.75, 3.05) is 18.8 Å². The van der Waals surface area contributed by atoms with Crippen LogP contribution >= 0.6 is 0 Å². The number of nitrogens with zero attached hydrogens (tertiary/aromatic N) is 3. The first-order chi connectivity index (χ1) is 14.5. The van der Waals surface area contributed by atoms with Crippen molar-refractivity contribution < 1.29 is 4.74 Å². The lowest BCUT2D eigenvalue weighted by Crippen LogP contribution is -2.41. The minimum atomic E-state index is -0.583. The van der Waals surface area contributed by atoms with Gasteiger partial charge in [0.05, 0.1) is 5.71 Å². The van der Waals surface area contributed by atoms with Crippen molar-refractivity contribution in [3.8, 4) is 5.88 Å². The summed E-state index contributed by atoms with van der Waals surface area (Å²) in [4.78, 5) is 13.0. The van der Waals surface area contributed by atoms with Crippen LogP contribution < -0.4 is 15.8 Å². The Bertz CT molecular complexity index is 898. The first kappa shape index (κ1) is 20.8. The molecule has 3 N–H and O–H groups in total. The fourth-order valence-electron chi connectivity index (χ4n) is 4.68. The summed E-state index contributed by atoms with van der Waals surface area (Å²) in [5.41, 5.74) is 9.28. The molecule has 0 saturated heterocycles. The Hall–Kier alpha value is -2.47. The Labute approximate surface area is 179 Å². The molecule has 0 spiro atoms. The molecule has 4 rings (SSSR count). The Balaban J connectivity index is 1.47. The van der Waals surface area contributed by atoms with E-state index in [2.05, 4.69) is 46.5 Å². The van der Waals surface area contributed by atoms with E-state index in [1.165, 1.54) is 44.0 Å². The lowest BCUT2D eigenvalue weighted by atomic mass is 9.77. The standard InChI is InChI=1S/C24H33N5O/c1-4-26-14-13-16-5-7-17(8-6-16)18-9-11-19(12-10-18)21-24(2,3)30-23-20(29-21)22(25)27-15-28-23/h9-12,15-17,26H,4-8,13-14H2,1-3H3,(H2,25,27,28). The van der Waals surface area contributed by atoms with Crippen molar-refractivity contribution in [2.24, 2.45) is 10.9 Å². The molecule has 6 heteroatoms. The number of benzene rings is 1. The first-order valence-corrected chi connectivity index (χ1v) is 11.2. The average molecular weight is 408 g/mol. The third-order valence-corrected chi connectivity index (χ3v) is 6.44. The van der Waals surface area contributed by atoms with Crippen molar-refractivity contribution in [1.82, 2.24) is 15.3 Å². The first-order valence-electron chi connectivity index (χ1n) is 11.2. The fraction of sp³-hybridized carbons (Fsp3) is 0.542. The monoisotopic (exact) mass is 407 g/mol. The maximum absolute atomic E-state index is 6.10. The number of aromatic nitrogens is 2. The summed E-state index contributed by atoms with van der Waals surface area (Å²) in [6, 6.07) is 8.86. The molecular formula is C24H33N5O. The van der Waals surface area contributed by atoms with Crippen molar-refractivity contribution >= 4 is 17.2 Å². The molecule has 1 aromatic heterocycles. The number of hydrogen-bond donors (Lipinski definition) is 2. The highest BCUT2D eigenvalue weighted by Gasteiger charge is 2.35. The molecule has 1 aromatic carbocycles. The highest BCUT2D eigenvalue weighted by Crippen LogP contribution is 2.40. The predicted molar refractivity (Wildman–Crippen MR) is 122 cm³/mol. The van der Waals surface area contributed by atoms with Crippen LogP contribution in [0.5, 0.6) is 5.88 Å². The smallest absolute Gasteiger partial charge is 0.246 e. The van der Waals surface area contributed by atoms with Crippen LogP contribution in [0.3, 0.4) is 0 Å². The van der Waals surface area contributed by atoms with Crippen LogP contribution in [0.15, 0.2) is 35.6 Å². The third kappa shape index (κ3) is 4.33. The second kappa shape index (κ2) is 8.72. The van der Waals surface area contributed by atoms with E-state index in [0.29, 0.717) is 23.3 Å². The van der Waals surface area contributed by atoms with Gasteiger partial charge < -0.3 is 15.8 Å². The maximum Gasteiger partial charge on any atom is 0.246 e. The Kier molecular flexibility index (Phi) is 6.04. The van der Waals surface area contributed by atoms with Crippen LogP contribution in [0.25, 0.3) is 0 Å². The summed E-state index contributed by atoms with van der Waals surface area (Å²) in [6.45, 7) is 8.42. The summed E-state index contributed by atoms with van der Waals surface area (Å²) in [6.07, 6.45) is 7.96. The molecule has 6 nitrogen and oxygen atoms in total. The Morgan fingerprint density at radius 3 is 2.53 bits per heavy atom. The number of nitrogen functional groups attached to an aromatic ring is 1. The largest absolute Gasteiger partial charge is 0.463 e. The Morgan fingerprint density at radius 1 is 1.10 bits per heavy atom. The molecule has 1 aliphatic heterocycles. The van der Waals surface area contributed by atoms with Gasteiger partial charge in [-0.3, -0.25) is 0 Å². The maximum atomic E-state index is 6.10. The number of aliphatic imine (C=N–C) groups is 1. The molecule has 160 valence electrons. The SMILES string of the molecule is CCNCCC1CCC(c2ccc(C3=Nc4c(N)ncnc4OC3(C)C)cc2)CC1. The van der Waals surface area contributed by atoms with Gasteiger partial charge in [0, 0.05) is 5.56 Å². The predicted octanol–water partition coefficient (Wildman–Crippen LogP) is 4.62.